The van der Waals surface area contributed by atoms with Crippen LogP contribution in [0.25, 0.3) is 11.3 Å². The standard InChI is InChI=1S/C19H18N2O2S/c1-12-4-6-14(7-5-12)17-11-24-19(20-17)21-18(22)16-9-8-15(23-3)10-13(16)2/h4-11H,1-3H3,(H,20,21,22). The van der Waals surface area contributed by atoms with E-state index >= 15 is 0 Å². The van der Waals surface area contributed by atoms with Crippen LogP contribution in [0, 0.1) is 13.8 Å². The minimum Gasteiger partial charge on any atom is -0.497 e. The van der Waals surface area contributed by atoms with E-state index < -0.39 is 0 Å². The number of rotatable bonds is 4. The molecular formula is C19H18N2O2S. The van der Waals surface area contributed by atoms with Crippen LogP contribution in [-0.4, -0.2) is 18.0 Å². The molecule has 24 heavy (non-hydrogen) atoms. The fraction of sp³-hybridized carbons (Fsp3) is 0.158. The summed E-state index contributed by atoms with van der Waals surface area (Å²) in [5, 5.41) is 5.40. The van der Waals surface area contributed by atoms with Gasteiger partial charge in [-0.1, -0.05) is 29.8 Å². The summed E-state index contributed by atoms with van der Waals surface area (Å²) < 4.78 is 5.17. The van der Waals surface area contributed by atoms with Crippen LogP contribution in [0.4, 0.5) is 5.13 Å². The first-order chi connectivity index (χ1) is 11.6. The van der Waals surface area contributed by atoms with Gasteiger partial charge in [-0.2, -0.15) is 0 Å². The van der Waals surface area contributed by atoms with Gasteiger partial charge < -0.3 is 4.74 Å². The second-order valence-corrected chi connectivity index (χ2v) is 6.40. The molecule has 1 N–H and O–H groups in total. The van der Waals surface area contributed by atoms with Gasteiger partial charge in [0.05, 0.1) is 12.8 Å². The third-order valence-electron chi connectivity index (χ3n) is 3.75. The number of hydrogen-bond acceptors (Lipinski definition) is 4. The molecule has 0 fully saturated rings. The smallest absolute Gasteiger partial charge is 0.257 e. The van der Waals surface area contributed by atoms with Crippen LogP contribution < -0.4 is 10.1 Å². The van der Waals surface area contributed by atoms with E-state index in [0.29, 0.717) is 10.7 Å². The minimum absolute atomic E-state index is 0.167. The molecule has 0 aliphatic heterocycles. The Morgan fingerprint density at radius 1 is 1.12 bits per heavy atom. The second kappa shape index (κ2) is 6.84. The van der Waals surface area contributed by atoms with Crippen LogP contribution in [0.1, 0.15) is 21.5 Å². The number of carbonyl (C=O) groups is 1. The maximum absolute atomic E-state index is 12.4. The molecule has 0 radical (unpaired) electrons. The summed E-state index contributed by atoms with van der Waals surface area (Å²) >= 11 is 1.42. The van der Waals surface area contributed by atoms with E-state index in [1.807, 2.05) is 49.6 Å². The molecule has 0 saturated heterocycles. The summed E-state index contributed by atoms with van der Waals surface area (Å²) in [5.41, 5.74) is 4.59. The maximum Gasteiger partial charge on any atom is 0.257 e. The Morgan fingerprint density at radius 3 is 2.54 bits per heavy atom. The first kappa shape index (κ1) is 16.2. The summed E-state index contributed by atoms with van der Waals surface area (Å²) in [5.74, 6) is 0.569. The highest BCUT2D eigenvalue weighted by Gasteiger charge is 2.12. The number of aromatic nitrogens is 1. The van der Waals surface area contributed by atoms with Crippen LogP contribution >= 0.6 is 11.3 Å². The second-order valence-electron chi connectivity index (χ2n) is 5.54. The molecule has 3 aromatic rings. The first-order valence-electron chi connectivity index (χ1n) is 7.55. The van der Waals surface area contributed by atoms with Crippen LogP contribution in [0.2, 0.25) is 0 Å². The number of anilines is 1. The molecule has 122 valence electrons. The number of benzene rings is 2. The van der Waals surface area contributed by atoms with Gasteiger partial charge in [0, 0.05) is 16.5 Å². The van der Waals surface area contributed by atoms with E-state index in [4.69, 9.17) is 4.74 Å². The Kier molecular flexibility index (Phi) is 4.62. The van der Waals surface area contributed by atoms with E-state index in [0.717, 1.165) is 22.6 Å². The van der Waals surface area contributed by atoms with Crippen LogP contribution in [0.15, 0.2) is 47.8 Å². The number of thiazole rings is 1. The molecule has 5 heteroatoms. The number of nitrogens with one attached hydrogen (secondary N) is 1. The molecule has 0 saturated carbocycles. The highest BCUT2D eigenvalue weighted by Crippen LogP contribution is 2.26. The van der Waals surface area contributed by atoms with Gasteiger partial charge in [-0.3, -0.25) is 10.1 Å². The highest BCUT2D eigenvalue weighted by molar-refractivity contribution is 7.14. The fourth-order valence-corrected chi connectivity index (χ4v) is 3.09. The lowest BCUT2D eigenvalue weighted by molar-refractivity contribution is 0.102. The van der Waals surface area contributed by atoms with Gasteiger partial charge in [0.1, 0.15) is 5.75 Å². The third kappa shape index (κ3) is 3.46. The zero-order chi connectivity index (χ0) is 17.1. The number of hydrogen-bond donors (Lipinski definition) is 1. The molecule has 3 rings (SSSR count). The fourth-order valence-electron chi connectivity index (χ4n) is 2.37. The van der Waals surface area contributed by atoms with E-state index in [2.05, 4.69) is 10.3 Å². The van der Waals surface area contributed by atoms with Crippen molar-refractivity contribution in [3.63, 3.8) is 0 Å². The quantitative estimate of drug-likeness (QED) is 0.751. The summed E-state index contributed by atoms with van der Waals surface area (Å²) in [6.07, 6.45) is 0. The summed E-state index contributed by atoms with van der Waals surface area (Å²) in [4.78, 5) is 16.9. The number of nitrogens with zero attached hydrogens (tertiary/aromatic N) is 1. The summed E-state index contributed by atoms with van der Waals surface area (Å²) in [6.45, 7) is 3.94. The molecule has 0 atom stereocenters. The zero-order valence-electron chi connectivity index (χ0n) is 13.8. The van der Waals surface area contributed by atoms with Gasteiger partial charge in [-0.15, -0.1) is 11.3 Å². The number of amides is 1. The molecular weight excluding hydrogens is 320 g/mol. The van der Waals surface area contributed by atoms with E-state index in [1.165, 1.54) is 16.9 Å². The highest BCUT2D eigenvalue weighted by atomic mass is 32.1. The number of methoxy groups -OCH3 is 1. The van der Waals surface area contributed by atoms with Crippen molar-refractivity contribution in [2.24, 2.45) is 0 Å². The molecule has 2 aromatic carbocycles. The molecule has 1 amide bonds. The molecule has 1 heterocycles. The lowest BCUT2D eigenvalue weighted by Crippen LogP contribution is -2.13. The Morgan fingerprint density at radius 2 is 1.88 bits per heavy atom. The molecule has 1 aromatic heterocycles. The lowest BCUT2D eigenvalue weighted by atomic mass is 10.1. The predicted molar refractivity (Wildman–Crippen MR) is 98.0 cm³/mol. The predicted octanol–water partition coefficient (Wildman–Crippen LogP) is 4.69. The van der Waals surface area contributed by atoms with E-state index in [-0.39, 0.29) is 5.91 Å². The van der Waals surface area contributed by atoms with Crippen LogP contribution in [0.5, 0.6) is 5.75 Å². The molecule has 0 bridgehead atoms. The SMILES string of the molecule is COc1ccc(C(=O)Nc2nc(-c3ccc(C)cc3)cs2)c(C)c1. The first-order valence-corrected chi connectivity index (χ1v) is 8.43. The third-order valence-corrected chi connectivity index (χ3v) is 4.51. The van der Waals surface area contributed by atoms with Gasteiger partial charge >= 0.3 is 0 Å². The number of aryl methyl sites for hydroxylation is 2. The average Bonchev–Trinajstić information content (AvgIpc) is 3.03. The molecule has 0 spiro atoms. The van der Waals surface area contributed by atoms with Crippen LogP contribution in [0.3, 0.4) is 0 Å². The lowest BCUT2D eigenvalue weighted by Gasteiger charge is -2.07. The molecule has 4 nitrogen and oxygen atoms in total. The largest absolute Gasteiger partial charge is 0.497 e. The van der Waals surface area contributed by atoms with E-state index in [9.17, 15) is 4.79 Å². The maximum atomic E-state index is 12.4. The normalized spacial score (nSPS) is 10.5. The van der Waals surface area contributed by atoms with Crippen molar-refractivity contribution in [1.82, 2.24) is 4.98 Å². The van der Waals surface area contributed by atoms with Crippen molar-refractivity contribution in [2.75, 3.05) is 12.4 Å². The molecule has 0 unspecified atom stereocenters. The Hall–Kier alpha value is -2.66. The van der Waals surface area contributed by atoms with Gasteiger partial charge in [-0.05, 0) is 37.6 Å². The molecule has 0 aliphatic rings. The molecule has 0 aliphatic carbocycles. The minimum atomic E-state index is -0.167. The topological polar surface area (TPSA) is 51.2 Å². The van der Waals surface area contributed by atoms with Gasteiger partial charge in [-0.25, -0.2) is 4.98 Å². The zero-order valence-corrected chi connectivity index (χ0v) is 14.6. The van der Waals surface area contributed by atoms with Gasteiger partial charge in [0.2, 0.25) is 0 Å². The van der Waals surface area contributed by atoms with Crippen LogP contribution in [-0.2, 0) is 0 Å². The van der Waals surface area contributed by atoms with Crippen molar-refractivity contribution in [2.45, 2.75) is 13.8 Å². The monoisotopic (exact) mass is 338 g/mol. The number of carbonyl (C=O) groups excluding carboxylic acids is 1. The van der Waals surface area contributed by atoms with Crippen molar-refractivity contribution >= 4 is 22.4 Å². The Labute approximate surface area is 145 Å². The Balaban J connectivity index is 1.77. The van der Waals surface area contributed by atoms with E-state index in [1.54, 1.807) is 19.2 Å². The Bertz CT molecular complexity index is 869. The van der Waals surface area contributed by atoms with Crippen molar-refractivity contribution < 1.29 is 9.53 Å². The van der Waals surface area contributed by atoms with Crippen molar-refractivity contribution in [3.05, 3.63) is 64.5 Å². The summed E-state index contributed by atoms with van der Waals surface area (Å²) in [7, 11) is 1.61. The van der Waals surface area contributed by atoms with Gasteiger partial charge in [0.25, 0.3) is 5.91 Å². The number of ether oxygens (including phenoxy) is 1. The van der Waals surface area contributed by atoms with Crippen molar-refractivity contribution in [3.8, 4) is 17.0 Å². The average molecular weight is 338 g/mol. The van der Waals surface area contributed by atoms with Gasteiger partial charge in [0.15, 0.2) is 5.13 Å². The summed E-state index contributed by atoms with van der Waals surface area (Å²) in [6, 6.07) is 13.5. The van der Waals surface area contributed by atoms with Crippen molar-refractivity contribution in [1.29, 1.82) is 0 Å².